The van der Waals surface area contributed by atoms with Crippen LogP contribution in [0.3, 0.4) is 0 Å². The molecule has 4 nitrogen and oxygen atoms in total. The number of rotatable bonds is 2. The van der Waals surface area contributed by atoms with E-state index in [9.17, 15) is 20.1 Å². The quantitative estimate of drug-likeness (QED) is 0.700. The predicted molar refractivity (Wildman–Crippen MR) is 95.1 cm³/mol. The zero-order chi connectivity index (χ0) is 18.9. The maximum Gasteiger partial charge on any atom is 0.161 e. The van der Waals surface area contributed by atoms with Crippen molar-refractivity contribution in [2.24, 2.45) is 34.5 Å². The standard InChI is InChI=1S/C21H33FO4/c1-19-10-18(26)21(22)15(14(19)5-6-16(19)17(25)11-23)4-3-12-9-13(24)7-8-20(12,21)2/h12-16,18,23-24,26H,3-11H2,1-2H3/t12-,13+,14-,15-,16+,18+,19-,20-,21-/m0/s1. The number of hydrogen-bond donors (Lipinski definition) is 3. The highest BCUT2D eigenvalue weighted by Gasteiger charge is 2.71. The van der Waals surface area contributed by atoms with Gasteiger partial charge in [-0.2, -0.15) is 0 Å². The third-order valence-corrected chi connectivity index (χ3v) is 9.25. The number of alkyl halides is 1. The Bertz CT molecular complexity index is 597. The predicted octanol–water partition coefficient (Wildman–Crippen LogP) is 2.63. The van der Waals surface area contributed by atoms with Crippen molar-refractivity contribution in [1.82, 2.24) is 0 Å². The van der Waals surface area contributed by atoms with Crippen molar-refractivity contribution in [1.29, 1.82) is 0 Å². The van der Waals surface area contributed by atoms with Crippen LogP contribution in [0.1, 0.15) is 65.2 Å². The number of Topliss-reactive ketones (excluding diaryl/α,β-unsaturated/α-hetero) is 1. The van der Waals surface area contributed by atoms with E-state index in [2.05, 4.69) is 0 Å². The number of aliphatic hydroxyl groups is 3. The minimum Gasteiger partial charge on any atom is -0.393 e. The maximum atomic E-state index is 16.8. The van der Waals surface area contributed by atoms with Gasteiger partial charge in [-0.05, 0) is 74.5 Å². The van der Waals surface area contributed by atoms with Gasteiger partial charge in [0, 0.05) is 11.3 Å². The van der Waals surface area contributed by atoms with Crippen LogP contribution in [0, 0.1) is 34.5 Å². The third-order valence-electron chi connectivity index (χ3n) is 9.25. The Morgan fingerprint density at radius 1 is 1.08 bits per heavy atom. The first kappa shape index (κ1) is 18.8. The molecular formula is C21H33FO4. The van der Waals surface area contributed by atoms with Crippen molar-refractivity contribution in [3.8, 4) is 0 Å². The fraction of sp³-hybridized carbons (Fsp3) is 0.952. The van der Waals surface area contributed by atoms with Crippen LogP contribution < -0.4 is 0 Å². The molecule has 0 aliphatic heterocycles. The Morgan fingerprint density at radius 3 is 2.46 bits per heavy atom. The zero-order valence-corrected chi connectivity index (χ0v) is 16.0. The van der Waals surface area contributed by atoms with E-state index in [-0.39, 0.29) is 35.6 Å². The minimum atomic E-state index is -1.64. The van der Waals surface area contributed by atoms with Crippen LogP contribution in [-0.2, 0) is 4.79 Å². The monoisotopic (exact) mass is 368 g/mol. The van der Waals surface area contributed by atoms with Gasteiger partial charge in [-0.25, -0.2) is 4.39 Å². The molecule has 9 atom stereocenters. The molecule has 0 aromatic carbocycles. The second-order valence-electron chi connectivity index (χ2n) is 10.1. The van der Waals surface area contributed by atoms with Crippen LogP contribution in [-0.4, -0.2) is 45.6 Å². The number of halogens is 1. The van der Waals surface area contributed by atoms with Crippen LogP contribution in [0.25, 0.3) is 0 Å². The number of carbonyl (C=O) groups excluding carboxylic acids is 1. The zero-order valence-electron chi connectivity index (χ0n) is 16.0. The molecule has 0 radical (unpaired) electrons. The largest absolute Gasteiger partial charge is 0.393 e. The highest BCUT2D eigenvalue weighted by atomic mass is 19.1. The summed E-state index contributed by atoms with van der Waals surface area (Å²) in [5.74, 6) is -0.460. The van der Waals surface area contributed by atoms with Gasteiger partial charge in [-0.1, -0.05) is 13.8 Å². The summed E-state index contributed by atoms with van der Waals surface area (Å²) in [5, 5.41) is 30.5. The van der Waals surface area contributed by atoms with Crippen molar-refractivity contribution in [2.45, 2.75) is 83.1 Å². The fourth-order valence-corrected chi connectivity index (χ4v) is 7.88. The molecular weight excluding hydrogens is 335 g/mol. The van der Waals surface area contributed by atoms with Gasteiger partial charge in [0.25, 0.3) is 0 Å². The van der Waals surface area contributed by atoms with E-state index in [1.54, 1.807) is 0 Å². The molecule has 0 bridgehead atoms. The van der Waals surface area contributed by atoms with E-state index in [1.165, 1.54) is 0 Å². The summed E-state index contributed by atoms with van der Waals surface area (Å²) in [6.07, 6.45) is 3.83. The van der Waals surface area contributed by atoms with E-state index >= 15 is 4.39 Å². The SMILES string of the molecule is C[C@]12C[C@@H](O)[C@@]3(F)[C@@H](CC[C@H]4C[C@H](O)CC[C@@]43C)[C@@H]1CC[C@@H]2C(=O)CO. The average Bonchev–Trinajstić information content (AvgIpc) is 2.93. The summed E-state index contributed by atoms with van der Waals surface area (Å²) in [6.45, 7) is 3.56. The first-order chi connectivity index (χ1) is 12.2. The topological polar surface area (TPSA) is 77.8 Å². The van der Waals surface area contributed by atoms with E-state index in [0.717, 1.165) is 19.3 Å². The summed E-state index contributed by atoms with van der Waals surface area (Å²) >= 11 is 0. The number of hydrogen-bond acceptors (Lipinski definition) is 4. The molecule has 0 heterocycles. The van der Waals surface area contributed by atoms with Crippen LogP contribution in [0.5, 0.6) is 0 Å². The van der Waals surface area contributed by atoms with E-state index in [0.29, 0.717) is 32.1 Å². The molecule has 0 spiro atoms. The Morgan fingerprint density at radius 2 is 1.77 bits per heavy atom. The number of aliphatic hydroxyl groups excluding tert-OH is 3. The number of fused-ring (bicyclic) bond motifs is 5. The fourth-order valence-electron chi connectivity index (χ4n) is 7.88. The summed E-state index contributed by atoms with van der Waals surface area (Å²) in [4.78, 5) is 12.3. The molecule has 5 heteroatoms. The van der Waals surface area contributed by atoms with Gasteiger partial charge < -0.3 is 15.3 Å². The maximum absolute atomic E-state index is 16.8. The molecule has 0 aromatic heterocycles. The average molecular weight is 368 g/mol. The summed E-state index contributed by atoms with van der Waals surface area (Å²) in [7, 11) is 0. The van der Waals surface area contributed by atoms with E-state index in [4.69, 9.17) is 0 Å². The Labute approximate surface area is 155 Å². The first-order valence-corrected chi connectivity index (χ1v) is 10.4. The first-order valence-electron chi connectivity index (χ1n) is 10.4. The van der Waals surface area contributed by atoms with Crippen molar-refractivity contribution in [2.75, 3.05) is 6.61 Å². The van der Waals surface area contributed by atoms with Crippen molar-refractivity contribution >= 4 is 5.78 Å². The minimum absolute atomic E-state index is 0.0843. The van der Waals surface area contributed by atoms with E-state index in [1.807, 2.05) is 13.8 Å². The van der Waals surface area contributed by atoms with Crippen molar-refractivity contribution in [3.63, 3.8) is 0 Å². The molecule has 3 N–H and O–H groups in total. The molecule has 0 amide bonds. The summed E-state index contributed by atoms with van der Waals surface area (Å²) in [6, 6.07) is 0. The number of ketones is 1. The molecule has 4 aliphatic rings. The molecule has 148 valence electrons. The lowest BCUT2D eigenvalue weighted by molar-refractivity contribution is -0.249. The summed E-state index contributed by atoms with van der Waals surface area (Å²) in [5.41, 5.74) is -2.66. The Kier molecular flexibility index (Phi) is 4.33. The van der Waals surface area contributed by atoms with Gasteiger partial charge >= 0.3 is 0 Å². The normalized spacial score (nSPS) is 56.4. The lowest BCUT2D eigenvalue weighted by atomic mass is 9.42. The molecule has 26 heavy (non-hydrogen) atoms. The molecule has 4 fully saturated rings. The van der Waals surface area contributed by atoms with Gasteiger partial charge in [-0.3, -0.25) is 4.79 Å². The molecule has 0 unspecified atom stereocenters. The molecule has 0 aromatic rings. The van der Waals surface area contributed by atoms with Crippen LogP contribution in [0.2, 0.25) is 0 Å². The van der Waals surface area contributed by atoms with Crippen LogP contribution in [0.4, 0.5) is 4.39 Å². The number of carbonyl (C=O) groups is 1. The van der Waals surface area contributed by atoms with Gasteiger partial charge in [0.1, 0.15) is 12.3 Å². The van der Waals surface area contributed by atoms with Gasteiger partial charge in [0.05, 0.1) is 12.2 Å². The van der Waals surface area contributed by atoms with Crippen LogP contribution in [0.15, 0.2) is 0 Å². The Hall–Kier alpha value is -0.520. The molecule has 4 saturated carbocycles. The van der Waals surface area contributed by atoms with Crippen molar-refractivity contribution < 1.29 is 24.5 Å². The van der Waals surface area contributed by atoms with Gasteiger partial charge in [-0.15, -0.1) is 0 Å². The lowest BCUT2D eigenvalue weighted by Gasteiger charge is -2.65. The second kappa shape index (κ2) is 5.99. The van der Waals surface area contributed by atoms with Crippen LogP contribution >= 0.6 is 0 Å². The van der Waals surface area contributed by atoms with Gasteiger partial charge in [0.15, 0.2) is 5.78 Å². The summed E-state index contributed by atoms with van der Waals surface area (Å²) < 4.78 is 16.8. The Balaban J connectivity index is 1.72. The molecule has 4 aliphatic carbocycles. The third kappa shape index (κ3) is 2.20. The highest BCUT2D eigenvalue weighted by molar-refractivity contribution is 5.83. The van der Waals surface area contributed by atoms with Gasteiger partial charge in [0.2, 0.25) is 0 Å². The van der Waals surface area contributed by atoms with Crippen molar-refractivity contribution in [3.05, 3.63) is 0 Å². The second-order valence-corrected chi connectivity index (χ2v) is 10.1. The van der Waals surface area contributed by atoms with E-state index < -0.39 is 29.2 Å². The molecule has 4 rings (SSSR count). The highest BCUT2D eigenvalue weighted by Crippen LogP contribution is 2.70. The molecule has 0 saturated heterocycles. The lowest BCUT2D eigenvalue weighted by Crippen LogP contribution is -2.69. The smallest absolute Gasteiger partial charge is 0.161 e.